The molecule has 0 aliphatic carbocycles. The Morgan fingerprint density at radius 1 is 1.43 bits per heavy atom. The van der Waals surface area contributed by atoms with Crippen LogP contribution in [0.15, 0.2) is 15.5 Å². The molecule has 0 radical (unpaired) electrons. The van der Waals surface area contributed by atoms with Gasteiger partial charge in [-0.15, -0.1) is 0 Å². The van der Waals surface area contributed by atoms with E-state index in [1.165, 1.54) is 13.5 Å². The van der Waals surface area contributed by atoms with Gasteiger partial charge in [0.2, 0.25) is 0 Å². The molecule has 0 aromatic carbocycles. The van der Waals surface area contributed by atoms with E-state index in [0.717, 1.165) is 23.5 Å². The number of halogens is 1. The van der Waals surface area contributed by atoms with Crippen molar-refractivity contribution in [1.82, 2.24) is 9.78 Å². The number of hydrogen-bond acceptors (Lipinski definition) is 5. The lowest BCUT2D eigenvalue weighted by molar-refractivity contribution is -0.141. The number of carbonyl (C=O) groups excluding carboxylic acids is 1. The Hall–Kier alpha value is -1.37. The van der Waals surface area contributed by atoms with Crippen LogP contribution in [0.4, 0.5) is 5.69 Å². The second-order valence-corrected chi connectivity index (χ2v) is 6.53. The van der Waals surface area contributed by atoms with Crippen LogP contribution in [0, 0.1) is 11.8 Å². The predicted molar refractivity (Wildman–Crippen MR) is 83.4 cm³/mol. The van der Waals surface area contributed by atoms with Gasteiger partial charge in [0.1, 0.15) is 11.0 Å². The van der Waals surface area contributed by atoms with Crippen molar-refractivity contribution in [3.63, 3.8) is 0 Å². The molecular weight excluding hydrogens is 338 g/mol. The van der Waals surface area contributed by atoms with Gasteiger partial charge in [-0.2, -0.15) is 5.10 Å². The normalized spacial score (nSPS) is 22.2. The fraction of sp³-hybridized carbons (Fsp3) is 0.643. The van der Waals surface area contributed by atoms with Gasteiger partial charge in [0.05, 0.1) is 19.0 Å². The van der Waals surface area contributed by atoms with E-state index < -0.39 is 5.97 Å². The molecule has 2 atom stereocenters. The van der Waals surface area contributed by atoms with Gasteiger partial charge < -0.3 is 9.64 Å². The maximum absolute atomic E-state index is 12.3. The molecule has 0 amide bonds. The van der Waals surface area contributed by atoms with Crippen molar-refractivity contribution in [2.24, 2.45) is 11.8 Å². The summed E-state index contributed by atoms with van der Waals surface area (Å²) < 4.78 is 6.11. The summed E-state index contributed by atoms with van der Waals surface area (Å²) in [6.07, 6.45) is 2.83. The fourth-order valence-corrected chi connectivity index (χ4v) is 3.39. The molecule has 6 nitrogen and oxygen atoms in total. The SMILES string of the molecule is COC(=O)Cn1ncc(N2CC(C)CC(C)C2)c(Br)c1=O. The van der Waals surface area contributed by atoms with Crippen LogP contribution < -0.4 is 10.5 Å². The average molecular weight is 358 g/mol. The zero-order valence-electron chi connectivity index (χ0n) is 12.5. The summed E-state index contributed by atoms with van der Waals surface area (Å²) >= 11 is 3.35. The van der Waals surface area contributed by atoms with E-state index in [2.05, 4.69) is 44.5 Å². The maximum atomic E-state index is 12.3. The van der Waals surface area contributed by atoms with Gasteiger partial charge in [0, 0.05) is 13.1 Å². The Bertz CT molecular complexity index is 577. The van der Waals surface area contributed by atoms with Crippen LogP contribution in [-0.2, 0) is 16.1 Å². The number of ether oxygens (including phenoxy) is 1. The van der Waals surface area contributed by atoms with Crippen molar-refractivity contribution >= 4 is 27.6 Å². The highest BCUT2D eigenvalue weighted by atomic mass is 79.9. The monoisotopic (exact) mass is 357 g/mol. The molecule has 2 unspecified atom stereocenters. The molecule has 0 saturated carbocycles. The predicted octanol–water partition coefficient (Wildman–Crippen LogP) is 1.66. The number of esters is 1. The number of methoxy groups -OCH3 is 1. The van der Waals surface area contributed by atoms with Crippen LogP contribution in [0.3, 0.4) is 0 Å². The minimum absolute atomic E-state index is 0.180. The standard InChI is InChI=1S/C14H20BrN3O3/c1-9-4-10(2)7-17(6-9)11-5-16-18(8-12(19)21-3)14(20)13(11)15/h5,9-10H,4,6-8H2,1-3H3. The molecular formula is C14H20BrN3O3. The topological polar surface area (TPSA) is 64.4 Å². The summed E-state index contributed by atoms with van der Waals surface area (Å²) in [6, 6.07) is 0. The van der Waals surface area contributed by atoms with E-state index in [9.17, 15) is 9.59 Å². The van der Waals surface area contributed by atoms with E-state index in [0.29, 0.717) is 16.3 Å². The highest BCUT2D eigenvalue weighted by Gasteiger charge is 2.25. The van der Waals surface area contributed by atoms with Crippen LogP contribution in [0.5, 0.6) is 0 Å². The number of carbonyl (C=O) groups is 1. The lowest BCUT2D eigenvalue weighted by Crippen LogP contribution is -2.40. The molecule has 1 aliphatic rings. The first kappa shape index (κ1) is 16.0. The van der Waals surface area contributed by atoms with Crippen LogP contribution in [0.1, 0.15) is 20.3 Å². The van der Waals surface area contributed by atoms with Crippen LogP contribution in [0.25, 0.3) is 0 Å². The van der Waals surface area contributed by atoms with Gasteiger partial charge >= 0.3 is 5.97 Å². The molecule has 1 aromatic rings. The van der Waals surface area contributed by atoms with E-state index in [4.69, 9.17) is 0 Å². The van der Waals surface area contributed by atoms with E-state index in [1.807, 2.05) is 0 Å². The number of anilines is 1. The van der Waals surface area contributed by atoms with Crippen LogP contribution in [-0.4, -0.2) is 35.9 Å². The second kappa shape index (κ2) is 6.60. The highest BCUT2D eigenvalue weighted by Crippen LogP contribution is 2.29. The van der Waals surface area contributed by atoms with Crippen molar-refractivity contribution < 1.29 is 9.53 Å². The fourth-order valence-electron chi connectivity index (χ4n) is 2.84. The Morgan fingerprint density at radius 2 is 2.05 bits per heavy atom. The molecule has 116 valence electrons. The van der Waals surface area contributed by atoms with Crippen molar-refractivity contribution in [1.29, 1.82) is 0 Å². The third-order valence-corrected chi connectivity index (χ3v) is 4.43. The summed E-state index contributed by atoms with van der Waals surface area (Å²) in [5.41, 5.74) is 0.475. The Balaban J connectivity index is 2.28. The summed E-state index contributed by atoms with van der Waals surface area (Å²) in [6.45, 7) is 6.06. The van der Waals surface area contributed by atoms with Gasteiger partial charge in [-0.25, -0.2) is 4.68 Å². The molecule has 1 aliphatic heterocycles. The molecule has 2 rings (SSSR count). The number of rotatable bonds is 3. The first-order valence-corrected chi connectivity index (χ1v) is 7.79. The summed E-state index contributed by atoms with van der Waals surface area (Å²) in [7, 11) is 1.29. The zero-order valence-corrected chi connectivity index (χ0v) is 14.1. The van der Waals surface area contributed by atoms with E-state index in [-0.39, 0.29) is 12.1 Å². The molecule has 2 heterocycles. The molecule has 1 saturated heterocycles. The molecule has 1 fully saturated rings. The minimum atomic E-state index is -0.496. The first-order valence-electron chi connectivity index (χ1n) is 6.99. The smallest absolute Gasteiger partial charge is 0.327 e. The third kappa shape index (κ3) is 3.64. The van der Waals surface area contributed by atoms with Gasteiger partial charge in [-0.1, -0.05) is 13.8 Å². The van der Waals surface area contributed by atoms with Crippen LogP contribution >= 0.6 is 15.9 Å². The summed E-state index contributed by atoms with van der Waals surface area (Å²) in [4.78, 5) is 25.7. The zero-order chi connectivity index (χ0) is 15.6. The first-order chi connectivity index (χ1) is 9.92. The molecule has 7 heteroatoms. The molecule has 21 heavy (non-hydrogen) atoms. The van der Waals surface area contributed by atoms with E-state index in [1.54, 1.807) is 6.20 Å². The van der Waals surface area contributed by atoms with Crippen LogP contribution in [0.2, 0.25) is 0 Å². The molecule has 0 spiro atoms. The quantitative estimate of drug-likeness (QED) is 0.769. The Labute approximate surface area is 132 Å². The van der Waals surface area contributed by atoms with Gasteiger partial charge in [0.25, 0.3) is 5.56 Å². The van der Waals surface area contributed by atoms with Crippen molar-refractivity contribution in [2.75, 3.05) is 25.1 Å². The Kier molecular flexibility index (Phi) is 5.03. The number of nitrogens with zero attached hydrogens (tertiary/aromatic N) is 3. The highest BCUT2D eigenvalue weighted by molar-refractivity contribution is 9.10. The maximum Gasteiger partial charge on any atom is 0.327 e. The third-order valence-electron chi connectivity index (χ3n) is 3.68. The number of hydrogen-bond donors (Lipinski definition) is 0. The van der Waals surface area contributed by atoms with Crippen molar-refractivity contribution in [3.05, 3.63) is 21.0 Å². The van der Waals surface area contributed by atoms with Gasteiger partial charge in [-0.05, 0) is 34.2 Å². The average Bonchev–Trinajstić information content (AvgIpc) is 2.42. The minimum Gasteiger partial charge on any atom is -0.468 e. The van der Waals surface area contributed by atoms with Crippen molar-refractivity contribution in [2.45, 2.75) is 26.8 Å². The summed E-state index contributed by atoms with van der Waals surface area (Å²) in [5.74, 6) is 0.667. The molecule has 0 N–H and O–H groups in total. The number of piperidine rings is 1. The number of aromatic nitrogens is 2. The second-order valence-electron chi connectivity index (χ2n) is 5.73. The Morgan fingerprint density at radius 3 is 2.62 bits per heavy atom. The van der Waals surface area contributed by atoms with Crippen molar-refractivity contribution in [3.8, 4) is 0 Å². The molecule has 1 aromatic heterocycles. The van der Waals surface area contributed by atoms with Gasteiger partial charge in [0.15, 0.2) is 0 Å². The largest absolute Gasteiger partial charge is 0.468 e. The van der Waals surface area contributed by atoms with E-state index >= 15 is 0 Å². The lowest BCUT2D eigenvalue weighted by atomic mass is 9.92. The van der Waals surface area contributed by atoms with Gasteiger partial charge in [-0.3, -0.25) is 9.59 Å². The molecule has 0 bridgehead atoms. The summed E-state index contributed by atoms with van der Waals surface area (Å²) in [5, 5.41) is 4.08. The lowest BCUT2D eigenvalue weighted by Gasteiger charge is -2.36.